The maximum absolute atomic E-state index is 13.1. The van der Waals surface area contributed by atoms with Gasteiger partial charge in [-0.1, -0.05) is 109 Å². The number of hydrogen-bond acceptors (Lipinski definition) is 8. The van der Waals surface area contributed by atoms with E-state index in [1.165, 1.54) is 84.8 Å². The SMILES string of the molecule is CCCCCC/C=C\CCCCCCCCCC(=O)NC1C(OC)OC(COC)C(OP(=O)(O)O)C1OCCC(CCCCCCC)OC. The number of ether oxygens (including phenoxy) is 5. The van der Waals surface area contributed by atoms with Crippen molar-refractivity contribution < 1.29 is 47.4 Å². The van der Waals surface area contributed by atoms with Gasteiger partial charge in [0.1, 0.15) is 24.4 Å². The Bertz CT molecular complexity index is 872. The van der Waals surface area contributed by atoms with Gasteiger partial charge < -0.3 is 38.8 Å². The van der Waals surface area contributed by atoms with Crippen LogP contribution in [0.15, 0.2) is 12.2 Å². The van der Waals surface area contributed by atoms with Crippen LogP contribution in [0.2, 0.25) is 0 Å². The molecule has 1 rings (SSSR count). The molecule has 0 aromatic rings. The number of unbranched alkanes of at least 4 members (excludes halogenated alkanes) is 15. The number of phosphoric ester groups is 1. The summed E-state index contributed by atoms with van der Waals surface area (Å²) in [6.07, 6.45) is 23.4. The molecule has 1 fully saturated rings. The van der Waals surface area contributed by atoms with Crippen molar-refractivity contribution in [3.8, 4) is 0 Å². The van der Waals surface area contributed by atoms with Crippen molar-refractivity contribution >= 4 is 13.7 Å². The number of hydrogen-bond donors (Lipinski definition) is 3. The van der Waals surface area contributed by atoms with Crippen LogP contribution in [0.5, 0.6) is 0 Å². The smallest absolute Gasteiger partial charge is 0.382 e. The molecular weight excluding hydrogens is 649 g/mol. The van der Waals surface area contributed by atoms with Crippen LogP contribution in [0.4, 0.5) is 0 Å². The van der Waals surface area contributed by atoms with E-state index in [1.807, 2.05) is 0 Å². The Balaban J connectivity index is 2.66. The Morgan fingerprint density at radius 2 is 1.37 bits per heavy atom. The molecular formula is C37H72NO10P. The number of nitrogens with one attached hydrogen (secondary N) is 1. The zero-order chi connectivity index (χ0) is 36.2. The molecule has 0 aliphatic carbocycles. The number of amides is 1. The predicted octanol–water partition coefficient (Wildman–Crippen LogP) is 8.16. The maximum atomic E-state index is 13.1. The number of carbonyl (C=O) groups excluding carboxylic acids is 1. The second kappa shape index (κ2) is 29.7. The maximum Gasteiger partial charge on any atom is 0.470 e. The van der Waals surface area contributed by atoms with E-state index in [0.29, 0.717) is 12.8 Å². The summed E-state index contributed by atoms with van der Waals surface area (Å²) in [6.45, 7) is 4.65. The molecule has 1 aliphatic rings. The third-order valence-electron chi connectivity index (χ3n) is 9.17. The van der Waals surface area contributed by atoms with Gasteiger partial charge in [-0.15, -0.1) is 0 Å². The van der Waals surface area contributed by atoms with Gasteiger partial charge in [-0.2, -0.15) is 0 Å². The molecule has 0 bridgehead atoms. The van der Waals surface area contributed by atoms with E-state index in [-0.39, 0.29) is 25.2 Å². The van der Waals surface area contributed by atoms with E-state index in [0.717, 1.165) is 51.4 Å². The average molecular weight is 722 g/mol. The molecule has 1 aliphatic heterocycles. The molecule has 12 heteroatoms. The minimum atomic E-state index is -4.95. The fourth-order valence-electron chi connectivity index (χ4n) is 6.35. The molecule has 290 valence electrons. The first-order valence-electron chi connectivity index (χ1n) is 19.2. The largest absolute Gasteiger partial charge is 0.470 e. The Morgan fingerprint density at radius 1 is 0.796 bits per heavy atom. The van der Waals surface area contributed by atoms with Gasteiger partial charge in [0.15, 0.2) is 6.29 Å². The van der Waals surface area contributed by atoms with Crippen molar-refractivity contribution in [3.05, 3.63) is 12.2 Å². The summed E-state index contributed by atoms with van der Waals surface area (Å²) in [5.41, 5.74) is 0. The zero-order valence-corrected chi connectivity index (χ0v) is 32.4. The first-order valence-corrected chi connectivity index (χ1v) is 20.7. The molecule has 1 saturated heterocycles. The first-order chi connectivity index (χ1) is 23.7. The number of methoxy groups -OCH3 is 3. The van der Waals surface area contributed by atoms with E-state index in [4.69, 9.17) is 28.2 Å². The Morgan fingerprint density at radius 3 is 1.94 bits per heavy atom. The summed E-state index contributed by atoms with van der Waals surface area (Å²) in [7, 11) is -0.349. The highest BCUT2D eigenvalue weighted by molar-refractivity contribution is 7.46. The summed E-state index contributed by atoms with van der Waals surface area (Å²) >= 11 is 0. The fourth-order valence-corrected chi connectivity index (χ4v) is 6.92. The highest BCUT2D eigenvalue weighted by Gasteiger charge is 2.50. The van der Waals surface area contributed by atoms with Gasteiger partial charge >= 0.3 is 7.82 Å². The standard InChI is InChI=1S/C37H72NO10P/c1-6-8-10-12-13-14-15-16-17-18-19-20-21-23-25-27-33(39)38-34-36(46-29-28-31(44-4)26-24-22-11-9-7-2)35(48-49(40,41)42)32(30-43-3)47-37(34)45-5/h14-15,31-32,34-37H,6-13,16-30H2,1-5H3,(H,38,39)(H2,40,41,42)/b15-14-. The van der Waals surface area contributed by atoms with Crippen molar-refractivity contribution in [2.45, 2.75) is 185 Å². The van der Waals surface area contributed by atoms with E-state index in [9.17, 15) is 19.1 Å². The third-order valence-corrected chi connectivity index (χ3v) is 9.69. The second-order valence-corrected chi connectivity index (χ2v) is 14.6. The van der Waals surface area contributed by atoms with Crippen LogP contribution in [0, 0.1) is 0 Å². The van der Waals surface area contributed by atoms with Crippen LogP contribution in [0.25, 0.3) is 0 Å². The molecule has 0 radical (unpaired) electrons. The summed E-state index contributed by atoms with van der Waals surface area (Å²) in [6, 6.07) is -0.859. The fraction of sp³-hybridized carbons (Fsp3) is 0.919. The Labute approximate surface area is 298 Å². The van der Waals surface area contributed by atoms with E-state index < -0.39 is 38.5 Å². The second-order valence-electron chi connectivity index (χ2n) is 13.4. The van der Waals surface area contributed by atoms with Gasteiger partial charge in [-0.25, -0.2) is 4.57 Å². The normalized spacial score (nSPS) is 22.1. The summed E-state index contributed by atoms with van der Waals surface area (Å²) < 4.78 is 46.1. The van der Waals surface area contributed by atoms with Crippen molar-refractivity contribution in [3.63, 3.8) is 0 Å². The van der Waals surface area contributed by atoms with Gasteiger partial charge in [0.05, 0.1) is 12.7 Å². The van der Waals surface area contributed by atoms with E-state index in [1.54, 1.807) is 7.11 Å². The number of phosphoric acid groups is 1. The van der Waals surface area contributed by atoms with Crippen LogP contribution in [-0.2, 0) is 37.6 Å². The van der Waals surface area contributed by atoms with Crippen LogP contribution >= 0.6 is 7.82 Å². The predicted molar refractivity (Wildman–Crippen MR) is 194 cm³/mol. The minimum absolute atomic E-state index is 0.0145. The molecule has 11 nitrogen and oxygen atoms in total. The summed E-state index contributed by atoms with van der Waals surface area (Å²) in [4.78, 5) is 32.7. The first kappa shape index (κ1) is 46.1. The van der Waals surface area contributed by atoms with Gasteiger partial charge in [-0.3, -0.25) is 9.32 Å². The van der Waals surface area contributed by atoms with Crippen LogP contribution < -0.4 is 5.32 Å². The molecule has 6 atom stereocenters. The van der Waals surface area contributed by atoms with Gasteiger partial charge in [0.2, 0.25) is 5.91 Å². The Kier molecular flexibility index (Phi) is 27.9. The number of rotatable bonds is 32. The molecule has 1 heterocycles. The number of carbonyl (C=O) groups is 1. The van der Waals surface area contributed by atoms with E-state index >= 15 is 0 Å². The topological polar surface area (TPSA) is 142 Å². The van der Waals surface area contributed by atoms with Gasteiger partial charge in [-0.05, 0) is 44.9 Å². The Hall–Kier alpha value is -0.880. The molecule has 49 heavy (non-hydrogen) atoms. The van der Waals surface area contributed by atoms with Gasteiger partial charge in [0, 0.05) is 34.4 Å². The molecule has 0 aromatic heterocycles. The van der Waals surface area contributed by atoms with Crippen molar-refractivity contribution in [2.75, 3.05) is 34.5 Å². The lowest BCUT2D eigenvalue weighted by Crippen LogP contribution is -2.66. The molecule has 6 unspecified atom stereocenters. The molecule has 0 saturated carbocycles. The monoisotopic (exact) mass is 721 g/mol. The summed E-state index contributed by atoms with van der Waals surface area (Å²) in [5.74, 6) is -0.201. The third kappa shape index (κ3) is 22.6. The number of allylic oxidation sites excluding steroid dienone is 2. The highest BCUT2D eigenvalue weighted by Crippen LogP contribution is 2.42. The molecule has 0 spiro atoms. The summed E-state index contributed by atoms with van der Waals surface area (Å²) in [5, 5.41) is 2.98. The van der Waals surface area contributed by atoms with Crippen LogP contribution in [0.1, 0.15) is 149 Å². The molecule has 0 aromatic carbocycles. The highest BCUT2D eigenvalue weighted by atomic mass is 31.2. The van der Waals surface area contributed by atoms with Crippen molar-refractivity contribution in [1.82, 2.24) is 5.32 Å². The quantitative estimate of drug-likeness (QED) is 0.0354. The van der Waals surface area contributed by atoms with Crippen molar-refractivity contribution in [1.29, 1.82) is 0 Å². The van der Waals surface area contributed by atoms with Crippen LogP contribution in [0.3, 0.4) is 0 Å². The zero-order valence-electron chi connectivity index (χ0n) is 31.5. The molecule has 3 N–H and O–H groups in total. The molecule has 1 amide bonds. The van der Waals surface area contributed by atoms with Gasteiger partial charge in [0.25, 0.3) is 0 Å². The van der Waals surface area contributed by atoms with E-state index in [2.05, 4.69) is 31.3 Å². The lowest BCUT2D eigenvalue weighted by atomic mass is 9.96. The lowest BCUT2D eigenvalue weighted by molar-refractivity contribution is -0.268. The lowest BCUT2D eigenvalue weighted by Gasteiger charge is -2.45. The average Bonchev–Trinajstić information content (AvgIpc) is 3.07. The van der Waals surface area contributed by atoms with Crippen LogP contribution in [-0.4, -0.2) is 87.0 Å². The minimum Gasteiger partial charge on any atom is -0.382 e. The van der Waals surface area contributed by atoms with Crippen molar-refractivity contribution in [2.24, 2.45) is 0 Å².